The summed E-state index contributed by atoms with van der Waals surface area (Å²) in [5, 5.41) is 0. The second-order valence-corrected chi connectivity index (χ2v) is 2.94. The Balaban J connectivity index is 2.40. The standard InChI is InChI=1S/C8H13NO3/c1-7(11)9-4-2-3-8(9)5-12-6-10/h6,8H,2-5H2,1H3. The number of nitrogens with zero attached hydrogens (tertiary/aromatic N) is 1. The van der Waals surface area contributed by atoms with Crippen LogP contribution in [0.15, 0.2) is 0 Å². The van der Waals surface area contributed by atoms with Gasteiger partial charge in [0.2, 0.25) is 5.91 Å². The van der Waals surface area contributed by atoms with Gasteiger partial charge in [-0.1, -0.05) is 0 Å². The van der Waals surface area contributed by atoms with Crippen LogP contribution in [-0.4, -0.2) is 36.5 Å². The Kier molecular flexibility index (Phi) is 3.08. The number of ether oxygens (including phenoxy) is 1. The highest BCUT2D eigenvalue weighted by Crippen LogP contribution is 2.16. The molecule has 1 rings (SSSR count). The van der Waals surface area contributed by atoms with Gasteiger partial charge in [-0.15, -0.1) is 0 Å². The van der Waals surface area contributed by atoms with Crippen LogP contribution in [0, 0.1) is 0 Å². The van der Waals surface area contributed by atoms with Crippen LogP contribution in [0.3, 0.4) is 0 Å². The third-order valence-corrected chi connectivity index (χ3v) is 2.14. The molecule has 4 heteroatoms. The van der Waals surface area contributed by atoms with E-state index in [1.54, 1.807) is 11.8 Å². The fourth-order valence-corrected chi connectivity index (χ4v) is 1.57. The van der Waals surface area contributed by atoms with Crippen LogP contribution >= 0.6 is 0 Å². The number of rotatable bonds is 3. The van der Waals surface area contributed by atoms with Gasteiger partial charge >= 0.3 is 0 Å². The normalized spacial score (nSPS) is 22.4. The highest BCUT2D eigenvalue weighted by atomic mass is 16.5. The molecule has 0 N–H and O–H groups in total. The first-order valence-electron chi connectivity index (χ1n) is 4.08. The van der Waals surface area contributed by atoms with Gasteiger partial charge in [-0.2, -0.15) is 0 Å². The molecule has 1 aliphatic heterocycles. The average Bonchev–Trinajstić information content (AvgIpc) is 2.48. The summed E-state index contributed by atoms with van der Waals surface area (Å²) < 4.78 is 4.62. The van der Waals surface area contributed by atoms with Crippen molar-refractivity contribution >= 4 is 12.4 Å². The molecule has 4 nitrogen and oxygen atoms in total. The lowest BCUT2D eigenvalue weighted by Crippen LogP contribution is -2.36. The van der Waals surface area contributed by atoms with Crippen molar-refractivity contribution in [2.75, 3.05) is 13.2 Å². The lowest BCUT2D eigenvalue weighted by molar-refractivity contribution is -0.135. The topological polar surface area (TPSA) is 46.6 Å². The molecule has 1 heterocycles. The summed E-state index contributed by atoms with van der Waals surface area (Å²) >= 11 is 0. The molecule has 0 spiro atoms. The van der Waals surface area contributed by atoms with Crippen molar-refractivity contribution in [2.45, 2.75) is 25.8 Å². The van der Waals surface area contributed by atoms with Crippen molar-refractivity contribution in [1.29, 1.82) is 0 Å². The molecule has 0 aromatic heterocycles. The molecule has 1 fully saturated rings. The molecular formula is C8H13NO3. The molecule has 0 saturated carbocycles. The molecule has 1 saturated heterocycles. The van der Waals surface area contributed by atoms with E-state index >= 15 is 0 Å². The summed E-state index contributed by atoms with van der Waals surface area (Å²) in [5.41, 5.74) is 0. The van der Waals surface area contributed by atoms with Gasteiger partial charge in [-0.3, -0.25) is 9.59 Å². The summed E-state index contributed by atoms with van der Waals surface area (Å²) in [6.45, 7) is 3.10. The maximum Gasteiger partial charge on any atom is 0.293 e. The van der Waals surface area contributed by atoms with Gasteiger partial charge in [0, 0.05) is 13.5 Å². The molecule has 0 aliphatic carbocycles. The second kappa shape index (κ2) is 4.09. The zero-order valence-electron chi connectivity index (χ0n) is 7.16. The summed E-state index contributed by atoms with van der Waals surface area (Å²) in [5.74, 6) is 0.0620. The van der Waals surface area contributed by atoms with Gasteiger partial charge in [-0.05, 0) is 12.8 Å². The Morgan fingerprint density at radius 2 is 2.50 bits per heavy atom. The zero-order valence-corrected chi connectivity index (χ0v) is 7.16. The molecule has 12 heavy (non-hydrogen) atoms. The quantitative estimate of drug-likeness (QED) is 0.569. The van der Waals surface area contributed by atoms with Gasteiger partial charge in [-0.25, -0.2) is 0 Å². The fourth-order valence-electron chi connectivity index (χ4n) is 1.57. The van der Waals surface area contributed by atoms with Crippen molar-refractivity contribution < 1.29 is 14.3 Å². The van der Waals surface area contributed by atoms with E-state index in [9.17, 15) is 9.59 Å². The van der Waals surface area contributed by atoms with Crippen molar-refractivity contribution in [2.24, 2.45) is 0 Å². The molecule has 1 atom stereocenters. The highest BCUT2D eigenvalue weighted by molar-refractivity contribution is 5.73. The number of carbonyl (C=O) groups excluding carboxylic acids is 2. The van der Waals surface area contributed by atoms with E-state index in [4.69, 9.17) is 0 Å². The summed E-state index contributed by atoms with van der Waals surface area (Å²) in [7, 11) is 0. The third-order valence-electron chi connectivity index (χ3n) is 2.14. The SMILES string of the molecule is CC(=O)N1CCCC1COC=O. The molecular weight excluding hydrogens is 158 g/mol. The lowest BCUT2D eigenvalue weighted by Gasteiger charge is -2.21. The Morgan fingerprint density at radius 1 is 1.75 bits per heavy atom. The number of hydrogen-bond acceptors (Lipinski definition) is 3. The second-order valence-electron chi connectivity index (χ2n) is 2.94. The first-order chi connectivity index (χ1) is 5.75. The van der Waals surface area contributed by atoms with E-state index in [0.717, 1.165) is 19.4 Å². The maximum absolute atomic E-state index is 11.0. The minimum Gasteiger partial charge on any atom is -0.466 e. The van der Waals surface area contributed by atoms with Gasteiger partial charge in [0.25, 0.3) is 6.47 Å². The smallest absolute Gasteiger partial charge is 0.293 e. The minimum atomic E-state index is 0.0620. The van der Waals surface area contributed by atoms with Crippen molar-refractivity contribution in [3.8, 4) is 0 Å². The monoisotopic (exact) mass is 171 g/mol. The number of likely N-dealkylation sites (tertiary alicyclic amines) is 1. The van der Waals surface area contributed by atoms with Crippen LogP contribution in [0.1, 0.15) is 19.8 Å². The Bertz CT molecular complexity index is 181. The summed E-state index contributed by atoms with van der Waals surface area (Å²) in [6, 6.07) is 0.104. The summed E-state index contributed by atoms with van der Waals surface area (Å²) in [4.78, 5) is 22.7. The van der Waals surface area contributed by atoms with E-state index in [1.165, 1.54) is 0 Å². The van der Waals surface area contributed by atoms with Gasteiger partial charge in [0.15, 0.2) is 0 Å². The van der Waals surface area contributed by atoms with E-state index in [-0.39, 0.29) is 11.9 Å². The lowest BCUT2D eigenvalue weighted by atomic mass is 10.2. The van der Waals surface area contributed by atoms with E-state index in [0.29, 0.717) is 13.1 Å². The van der Waals surface area contributed by atoms with Gasteiger partial charge < -0.3 is 9.64 Å². The number of carbonyl (C=O) groups is 2. The van der Waals surface area contributed by atoms with Crippen molar-refractivity contribution in [3.05, 3.63) is 0 Å². The predicted octanol–water partition coefficient (Wildman–Crippen LogP) is 0.170. The highest BCUT2D eigenvalue weighted by Gasteiger charge is 2.26. The van der Waals surface area contributed by atoms with E-state index < -0.39 is 0 Å². The molecule has 0 aromatic carbocycles. The zero-order chi connectivity index (χ0) is 8.97. The van der Waals surface area contributed by atoms with Crippen LogP contribution in [0.25, 0.3) is 0 Å². The van der Waals surface area contributed by atoms with Crippen molar-refractivity contribution in [1.82, 2.24) is 4.90 Å². The van der Waals surface area contributed by atoms with Gasteiger partial charge in [0.1, 0.15) is 6.61 Å². The third kappa shape index (κ3) is 1.96. The molecule has 0 aromatic rings. The first kappa shape index (κ1) is 9.03. The molecule has 68 valence electrons. The van der Waals surface area contributed by atoms with Crippen molar-refractivity contribution in [3.63, 3.8) is 0 Å². The van der Waals surface area contributed by atoms with Crippen LogP contribution in [0.5, 0.6) is 0 Å². The van der Waals surface area contributed by atoms with E-state index in [2.05, 4.69) is 4.74 Å². The first-order valence-corrected chi connectivity index (χ1v) is 4.08. The van der Waals surface area contributed by atoms with Crippen LogP contribution in [-0.2, 0) is 14.3 Å². The molecule has 1 aliphatic rings. The molecule has 1 amide bonds. The number of hydrogen-bond donors (Lipinski definition) is 0. The van der Waals surface area contributed by atoms with E-state index in [1.807, 2.05) is 0 Å². The Morgan fingerprint density at radius 3 is 3.08 bits per heavy atom. The molecule has 1 unspecified atom stereocenters. The largest absolute Gasteiger partial charge is 0.466 e. The van der Waals surface area contributed by atoms with Gasteiger partial charge in [0.05, 0.1) is 6.04 Å². The molecule has 0 radical (unpaired) electrons. The fraction of sp³-hybridized carbons (Fsp3) is 0.750. The van der Waals surface area contributed by atoms with Crippen LogP contribution in [0.4, 0.5) is 0 Å². The van der Waals surface area contributed by atoms with Crippen LogP contribution in [0.2, 0.25) is 0 Å². The minimum absolute atomic E-state index is 0.0620. The molecule has 0 bridgehead atoms. The predicted molar refractivity (Wildman–Crippen MR) is 42.4 cm³/mol. The maximum atomic E-state index is 11.0. The summed E-state index contributed by atoms with van der Waals surface area (Å²) in [6.07, 6.45) is 1.94. The Labute approximate surface area is 71.5 Å². The average molecular weight is 171 g/mol. The Hall–Kier alpha value is -1.06. The number of amides is 1. The van der Waals surface area contributed by atoms with Crippen LogP contribution < -0.4 is 0 Å².